The number of hydrogen-bond donors (Lipinski definition) is 1. The quantitative estimate of drug-likeness (QED) is 0.862. The first-order valence-corrected chi connectivity index (χ1v) is 9.10. The fraction of sp³-hybridized carbons (Fsp3) is 1.00. The lowest BCUT2D eigenvalue weighted by Crippen LogP contribution is -2.47. The van der Waals surface area contributed by atoms with E-state index in [1.807, 2.05) is 20.8 Å². The molecule has 2 aliphatic heterocycles. The van der Waals surface area contributed by atoms with Gasteiger partial charge >= 0.3 is 0 Å². The normalized spacial score (nSPS) is 30.7. The standard InChI is InChI=1S/C14H28N2O2S/c1-14(2,3)11-19(17,18)16-9-5-6-12(10-16)13-7-4-8-15-13/h12-13,15H,4-11H2,1-3H3. The summed E-state index contributed by atoms with van der Waals surface area (Å²) in [4.78, 5) is 0. The largest absolute Gasteiger partial charge is 0.314 e. The summed E-state index contributed by atoms with van der Waals surface area (Å²) in [6.45, 7) is 8.49. The van der Waals surface area contributed by atoms with Crippen molar-refractivity contribution in [3.05, 3.63) is 0 Å². The van der Waals surface area contributed by atoms with Crippen LogP contribution < -0.4 is 5.32 Å². The Hall–Kier alpha value is -0.130. The molecule has 2 fully saturated rings. The molecule has 0 bridgehead atoms. The molecule has 1 N–H and O–H groups in total. The van der Waals surface area contributed by atoms with Crippen LogP contribution in [0.3, 0.4) is 0 Å². The fourth-order valence-corrected chi connectivity index (χ4v) is 5.41. The summed E-state index contributed by atoms with van der Waals surface area (Å²) in [5.41, 5.74) is -0.169. The minimum atomic E-state index is -3.10. The molecule has 4 nitrogen and oxygen atoms in total. The van der Waals surface area contributed by atoms with E-state index in [9.17, 15) is 8.42 Å². The number of sulfonamides is 1. The average Bonchev–Trinajstić information content (AvgIpc) is 2.79. The van der Waals surface area contributed by atoms with Crippen LogP contribution in [0.5, 0.6) is 0 Å². The third-order valence-corrected chi connectivity index (χ3v) is 6.45. The molecule has 2 atom stereocenters. The second-order valence-electron chi connectivity index (χ2n) is 7.28. The molecule has 19 heavy (non-hydrogen) atoms. The molecule has 0 aromatic carbocycles. The minimum Gasteiger partial charge on any atom is -0.314 e. The van der Waals surface area contributed by atoms with Gasteiger partial charge in [-0.1, -0.05) is 20.8 Å². The molecule has 0 aromatic heterocycles. The van der Waals surface area contributed by atoms with Crippen LogP contribution in [0.15, 0.2) is 0 Å². The highest BCUT2D eigenvalue weighted by Crippen LogP contribution is 2.28. The number of nitrogens with zero attached hydrogens (tertiary/aromatic N) is 1. The van der Waals surface area contributed by atoms with Crippen LogP contribution in [0, 0.1) is 11.3 Å². The molecule has 0 aliphatic carbocycles. The molecule has 0 amide bonds. The Balaban J connectivity index is 2.00. The molecular formula is C14H28N2O2S. The van der Waals surface area contributed by atoms with Crippen LogP contribution in [0.2, 0.25) is 0 Å². The van der Waals surface area contributed by atoms with E-state index in [0.29, 0.717) is 18.5 Å². The van der Waals surface area contributed by atoms with Crippen LogP contribution in [-0.4, -0.2) is 44.2 Å². The molecule has 0 saturated carbocycles. The number of hydrogen-bond acceptors (Lipinski definition) is 3. The van der Waals surface area contributed by atoms with Crippen LogP contribution in [0.4, 0.5) is 0 Å². The van der Waals surface area contributed by atoms with Gasteiger partial charge in [0.2, 0.25) is 10.0 Å². The Bertz CT molecular complexity index is 394. The van der Waals surface area contributed by atoms with E-state index in [4.69, 9.17) is 0 Å². The lowest BCUT2D eigenvalue weighted by molar-refractivity contribution is 0.224. The molecule has 0 radical (unpaired) electrons. The third-order valence-electron chi connectivity index (χ3n) is 4.10. The highest BCUT2D eigenvalue weighted by Gasteiger charge is 2.35. The van der Waals surface area contributed by atoms with Gasteiger partial charge in [0.1, 0.15) is 0 Å². The topological polar surface area (TPSA) is 49.4 Å². The first-order valence-electron chi connectivity index (χ1n) is 7.49. The predicted molar refractivity (Wildman–Crippen MR) is 78.6 cm³/mol. The van der Waals surface area contributed by atoms with E-state index in [2.05, 4.69) is 5.32 Å². The van der Waals surface area contributed by atoms with Crippen molar-refractivity contribution in [2.45, 2.75) is 52.5 Å². The van der Waals surface area contributed by atoms with Crippen molar-refractivity contribution in [2.75, 3.05) is 25.4 Å². The lowest BCUT2D eigenvalue weighted by Gasteiger charge is -2.36. The van der Waals surface area contributed by atoms with Crippen molar-refractivity contribution in [3.63, 3.8) is 0 Å². The lowest BCUT2D eigenvalue weighted by atomic mass is 9.91. The molecule has 2 saturated heterocycles. The molecule has 2 heterocycles. The summed E-state index contributed by atoms with van der Waals surface area (Å²) >= 11 is 0. The third kappa shape index (κ3) is 4.17. The van der Waals surface area contributed by atoms with Gasteiger partial charge < -0.3 is 5.32 Å². The van der Waals surface area contributed by atoms with Gasteiger partial charge in [0, 0.05) is 19.1 Å². The first-order chi connectivity index (χ1) is 8.78. The first kappa shape index (κ1) is 15.3. The van der Waals surface area contributed by atoms with Crippen molar-refractivity contribution in [2.24, 2.45) is 11.3 Å². The summed E-state index contributed by atoms with van der Waals surface area (Å²) in [6, 6.07) is 0.535. The maximum atomic E-state index is 12.5. The predicted octanol–water partition coefficient (Wildman–Crippen LogP) is 1.83. The molecule has 2 unspecified atom stereocenters. The van der Waals surface area contributed by atoms with Gasteiger partial charge in [-0.2, -0.15) is 0 Å². The maximum Gasteiger partial charge on any atom is 0.214 e. The van der Waals surface area contributed by atoms with Crippen molar-refractivity contribution in [1.29, 1.82) is 0 Å². The van der Waals surface area contributed by atoms with Crippen LogP contribution in [0.1, 0.15) is 46.5 Å². The second-order valence-corrected chi connectivity index (χ2v) is 9.25. The zero-order valence-corrected chi connectivity index (χ0v) is 13.3. The fourth-order valence-electron chi connectivity index (χ4n) is 3.31. The van der Waals surface area contributed by atoms with E-state index in [-0.39, 0.29) is 11.2 Å². The summed E-state index contributed by atoms with van der Waals surface area (Å²) in [5, 5.41) is 3.53. The van der Waals surface area contributed by atoms with Gasteiger partial charge in [0.05, 0.1) is 5.75 Å². The molecule has 0 spiro atoms. The Labute approximate surface area is 118 Å². The second kappa shape index (κ2) is 5.70. The molecule has 2 rings (SSSR count). The van der Waals surface area contributed by atoms with Crippen LogP contribution in [-0.2, 0) is 10.0 Å². The Morgan fingerprint density at radius 3 is 2.53 bits per heavy atom. The Morgan fingerprint density at radius 2 is 1.95 bits per heavy atom. The number of nitrogens with one attached hydrogen (secondary N) is 1. The summed E-state index contributed by atoms with van der Waals surface area (Å²) in [6.07, 6.45) is 4.61. The minimum absolute atomic E-state index is 0.169. The van der Waals surface area contributed by atoms with Crippen LogP contribution in [0.25, 0.3) is 0 Å². The maximum absolute atomic E-state index is 12.5. The zero-order chi connectivity index (χ0) is 14.1. The number of rotatable bonds is 3. The van der Waals surface area contributed by atoms with E-state index < -0.39 is 10.0 Å². The van der Waals surface area contributed by atoms with Gasteiger partial charge in [-0.3, -0.25) is 0 Å². The van der Waals surface area contributed by atoms with E-state index in [1.165, 1.54) is 19.3 Å². The number of piperidine rings is 1. The van der Waals surface area contributed by atoms with E-state index in [0.717, 1.165) is 19.5 Å². The molecular weight excluding hydrogens is 260 g/mol. The Kier molecular flexibility index (Phi) is 4.58. The van der Waals surface area contributed by atoms with Gasteiger partial charge in [-0.15, -0.1) is 0 Å². The van der Waals surface area contributed by atoms with Crippen molar-refractivity contribution >= 4 is 10.0 Å². The summed E-state index contributed by atoms with van der Waals surface area (Å²) in [7, 11) is -3.10. The highest BCUT2D eigenvalue weighted by atomic mass is 32.2. The van der Waals surface area contributed by atoms with Crippen molar-refractivity contribution in [3.8, 4) is 0 Å². The molecule has 5 heteroatoms. The van der Waals surface area contributed by atoms with Gasteiger partial charge in [-0.25, -0.2) is 12.7 Å². The average molecular weight is 288 g/mol. The van der Waals surface area contributed by atoms with Gasteiger partial charge in [0.15, 0.2) is 0 Å². The van der Waals surface area contributed by atoms with Gasteiger partial charge in [-0.05, 0) is 43.6 Å². The van der Waals surface area contributed by atoms with Crippen molar-refractivity contribution < 1.29 is 8.42 Å². The zero-order valence-electron chi connectivity index (χ0n) is 12.5. The van der Waals surface area contributed by atoms with Gasteiger partial charge in [0.25, 0.3) is 0 Å². The van der Waals surface area contributed by atoms with Crippen LogP contribution >= 0.6 is 0 Å². The molecule has 112 valence electrons. The SMILES string of the molecule is CC(C)(C)CS(=O)(=O)N1CCCC(C2CCCN2)C1. The Morgan fingerprint density at radius 1 is 1.21 bits per heavy atom. The monoisotopic (exact) mass is 288 g/mol. The highest BCUT2D eigenvalue weighted by molar-refractivity contribution is 7.89. The molecule has 0 aromatic rings. The van der Waals surface area contributed by atoms with Crippen molar-refractivity contribution in [1.82, 2.24) is 9.62 Å². The van der Waals surface area contributed by atoms with E-state index in [1.54, 1.807) is 4.31 Å². The smallest absolute Gasteiger partial charge is 0.214 e. The summed E-state index contributed by atoms with van der Waals surface area (Å²) in [5.74, 6) is 0.760. The van der Waals surface area contributed by atoms with E-state index >= 15 is 0 Å². The molecule has 2 aliphatic rings. The summed E-state index contributed by atoms with van der Waals surface area (Å²) < 4.78 is 26.7.